The number of carbonyl (C=O) groups excluding carboxylic acids is 1. The maximum absolute atomic E-state index is 12.3. The predicted octanol–water partition coefficient (Wildman–Crippen LogP) is 3.70. The van der Waals surface area contributed by atoms with E-state index in [0.29, 0.717) is 17.4 Å². The second kappa shape index (κ2) is 8.15. The highest BCUT2D eigenvalue weighted by atomic mass is 32.1. The predicted molar refractivity (Wildman–Crippen MR) is 96.0 cm³/mol. The van der Waals surface area contributed by atoms with E-state index in [9.17, 15) is 4.79 Å². The molecule has 0 saturated carbocycles. The van der Waals surface area contributed by atoms with Gasteiger partial charge in [-0.1, -0.05) is 19.9 Å². The number of methoxy groups -OCH3 is 2. The fourth-order valence-corrected chi connectivity index (χ4v) is 3.24. The van der Waals surface area contributed by atoms with Crippen molar-refractivity contribution in [3.8, 4) is 11.5 Å². The second-order valence-corrected chi connectivity index (χ2v) is 6.81. The van der Waals surface area contributed by atoms with Gasteiger partial charge in [-0.2, -0.15) is 0 Å². The number of nitrogens with one attached hydrogen (secondary N) is 1. The Hall–Kier alpha value is -2.08. The highest BCUT2D eigenvalue weighted by Crippen LogP contribution is 2.28. The van der Waals surface area contributed by atoms with E-state index in [0.717, 1.165) is 16.3 Å². The Kier molecular flexibility index (Phi) is 6.20. The molecule has 1 amide bonds. The molecule has 6 heteroatoms. The van der Waals surface area contributed by atoms with Crippen molar-refractivity contribution in [2.75, 3.05) is 14.2 Å². The van der Waals surface area contributed by atoms with Gasteiger partial charge in [-0.15, -0.1) is 11.3 Å². The number of rotatable bonds is 7. The molecule has 130 valence electrons. The highest BCUT2D eigenvalue weighted by molar-refractivity contribution is 7.09. The van der Waals surface area contributed by atoms with Crippen LogP contribution in [0.3, 0.4) is 0 Å². The maximum Gasteiger partial charge on any atom is 0.224 e. The van der Waals surface area contributed by atoms with Crippen LogP contribution in [0, 0.1) is 0 Å². The van der Waals surface area contributed by atoms with Gasteiger partial charge in [0.2, 0.25) is 5.91 Å². The zero-order valence-electron chi connectivity index (χ0n) is 14.8. The first kappa shape index (κ1) is 18.3. The Labute approximate surface area is 147 Å². The molecule has 2 rings (SSSR count). The van der Waals surface area contributed by atoms with E-state index < -0.39 is 0 Å². The van der Waals surface area contributed by atoms with Crippen LogP contribution >= 0.6 is 11.3 Å². The van der Waals surface area contributed by atoms with E-state index in [4.69, 9.17) is 9.47 Å². The number of ether oxygens (including phenoxy) is 2. The van der Waals surface area contributed by atoms with Crippen LogP contribution in [0.1, 0.15) is 49.0 Å². The molecule has 1 atom stereocenters. The molecule has 1 aromatic carbocycles. The van der Waals surface area contributed by atoms with Crippen molar-refractivity contribution in [3.63, 3.8) is 0 Å². The third kappa shape index (κ3) is 4.47. The van der Waals surface area contributed by atoms with E-state index in [1.54, 1.807) is 31.6 Å². The summed E-state index contributed by atoms with van der Waals surface area (Å²) in [5, 5.41) is 6.10. The average molecular weight is 348 g/mol. The van der Waals surface area contributed by atoms with Gasteiger partial charge in [0, 0.05) is 11.3 Å². The standard InChI is InChI=1S/C18H24N2O3S/c1-11(2)18-20-14(10-24-18)12(3)19-17(21)9-13-6-7-15(22-4)16(8-13)23-5/h6-8,10-12H,9H2,1-5H3,(H,19,21)/t12-/m0/s1. The van der Waals surface area contributed by atoms with Crippen molar-refractivity contribution >= 4 is 17.2 Å². The molecule has 24 heavy (non-hydrogen) atoms. The quantitative estimate of drug-likeness (QED) is 0.829. The molecule has 5 nitrogen and oxygen atoms in total. The minimum Gasteiger partial charge on any atom is -0.493 e. The number of thiazole rings is 1. The fourth-order valence-electron chi connectivity index (χ4n) is 2.31. The molecule has 2 aromatic rings. The van der Waals surface area contributed by atoms with Crippen LogP contribution in [0.4, 0.5) is 0 Å². The van der Waals surface area contributed by atoms with Gasteiger partial charge in [-0.3, -0.25) is 4.79 Å². The Bertz CT molecular complexity index is 697. The van der Waals surface area contributed by atoms with Crippen LogP contribution in [0.5, 0.6) is 11.5 Å². The van der Waals surface area contributed by atoms with Crippen LogP contribution in [-0.2, 0) is 11.2 Å². The van der Waals surface area contributed by atoms with Crippen molar-refractivity contribution in [1.82, 2.24) is 10.3 Å². The molecule has 0 unspecified atom stereocenters. The highest BCUT2D eigenvalue weighted by Gasteiger charge is 2.15. The molecule has 0 saturated heterocycles. The lowest BCUT2D eigenvalue weighted by atomic mass is 10.1. The molecule has 0 aliphatic rings. The van der Waals surface area contributed by atoms with Crippen LogP contribution < -0.4 is 14.8 Å². The molecule has 1 heterocycles. The summed E-state index contributed by atoms with van der Waals surface area (Å²) in [4.78, 5) is 16.9. The molecule has 0 aliphatic carbocycles. The number of benzene rings is 1. The van der Waals surface area contributed by atoms with E-state index in [2.05, 4.69) is 24.1 Å². The van der Waals surface area contributed by atoms with Gasteiger partial charge in [0.05, 0.1) is 37.4 Å². The van der Waals surface area contributed by atoms with Gasteiger partial charge < -0.3 is 14.8 Å². The van der Waals surface area contributed by atoms with Crippen LogP contribution in [0.15, 0.2) is 23.6 Å². The topological polar surface area (TPSA) is 60.5 Å². The molecular formula is C18H24N2O3S. The average Bonchev–Trinajstić information content (AvgIpc) is 3.05. The van der Waals surface area contributed by atoms with Gasteiger partial charge in [-0.05, 0) is 24.6 Å². The maximum atomic E-state index is 12.3. The lowest BCUT2D eigenvalue weighted by Crippen LogP contribution is -2.28. The first-order valence-corrected chi connectivity index (χ1v) is 8.78. The number of carbonyl (C=O) groups is 1. The third-order valence-corrected chi connectivity index (χ3v) is 4.83. The number of nitrogens with zero attached hydrogens (tertiary/aromatic N) is 1. The molecule has 0 radical (unpaired) electrons. The van der Waals surface area contributed by atoms with E-state index in [1.807, 2.05) is 24.4 Å². The van der Waals surface area contributed by atoms with Crippen LogP contribution in [0.2, 0.25) is 0 Å². The van der Waals surface area contributed by atoms with Gasteiger partial charge in [0.15, 0.2) is 11.5 Å². The van der Waals surface area contributed by atoms with E-state index in [-0.39, 0.29) is 18.4 Å². The van der Waals surface area contributed by atoms with E-state index in [1.165, 1.54) is 0 Å². The van der Waals surface area contributed by atoms with Crippen molar-refractivity contribution in [1.29, 1.82) is 0 Å². The minimum absolute atomic E-state index is 0.0474. The molecule has 0 spiro atoms. The minimum atomic E-state index is -0.110. The summed E-state index contributed by atoms with van der Waals surface area (Å²) in [6, 6.07) is 5.38. The summed E-state index contributed by atoms with van der Waals surface area (Å²) in [7, 11) is 3.17. The second-order valence-electron chi connectivity index (χ2n) is 5.92. The number of hydrogen-bond donors (Lipinski definition) is 1. The van der Waals surface area contributed by atoms with Gasteiger partial charge in [0.25, 0.3) is 0 Å². The Balaban J connectivity index is 1.99. The lowest BCUT2D eigenvalue weighted by molar-refractivity contribution is -0.121. The summed E-state index contributed by atoms with van der Waals surface area (Å²) >= 11 is 1.63. The number of hydrogen-bond acceptors (Lipinski definition) is 5. The van der Waals surface area contributed by atoms with Crippen molar-refractivity contribution < 1.29 is 14.3 Å². The number of aromatic nitrogens is 1. The zero-order chi connectivity index (χ0) is 17.7. The van der Waals surface area contributed by atoms with Gasteiger partial charge in [0.1, 0.15) is 0 Å². The van der Waals surface area contributed by atoms with Gasteiger partial charge in [-0.25, -0.2) is 4.98 Å². The summed E-state index contributed by atoms with van der Waals surface area (Å²) in [6.45, 7) is 6.18. The largest absolute Gasteiger partial charge is 0.493 e. The molecule has 0 aliphatic heterocycles. The smallest absolute Gasteiger partial charge is 0.224 e. The first-order chi connectivity index (χ1) is 11.4. The van der Waals surface area contributed by atoms with Gasteiger partial charge >= 0.3 is 0 Å². The van der Waals surface area contributed by atoms with Crippen molar-refractivity contribution in [2.45, 2.75) is 39.2 Å². The Morgan fingerprint density at radius 3 is 2.50 bits per heavy atom. The van der Waals surface area contributed by atoms with Crippen molar-refractivity contribution in [2.24, 2.45) is 0 Å². The lowest BCUT2D eigenvalue weighted by Gasteiger charge is -2.13. The zero-order valence-corrected chi connectivity index (χ0v) is 15.6. The van der Waals surface area contributed by atoms with Crippen molar-refractivity contribution in [3.05, 3.63) is 39.8 Å². The fraction of sp³-hybridized carbons (Fsp3) is 0.444. The summed E-state index contributed by atoms with van der Waals surface area (Å²) in [5.41, 5.74) is 1.78. The molecular weight excluding hydrogens is 324 g/mol. The molecule has 0 fully saturated rings. The Morgan fingerprint density at radius 1 is 1.21 bits per heavy atom. The monoisotopic (exact) mass is 348 g/mol. The number of amides is 1. The normalized spacial score (nSPS) is 12.1. The SMILES string of the molecule is COc1ccc(CC(=O)N[C@@H](C)c2csc(C(C)C)n2)cc1OC. The summed E-state index contributed by atoms with van der Waals surface area (Å²) in [5.74, 6) is 1.63. The molecule has 1 aromatic heterocycles. The summed E-state index contributed by atoms with van der Waals surface area (Å²) in [6.07, 6.45) is 0.284. The molecule has 1 N–H and O–H groups in total. The Morgan fingerprint density at radius 2 is 1.92 bits per heavy atom. The third-order valence-electron chi connectivity index (χ3n) is 3.67. The van der Waals surface area contributed by atoms with E-state index >= 15 is 0 Å². The van der Waals surface area contributed by atoms with Crippen LogP contribution in [0.25, 0.3) is 0 Å². The molecule has 0 bridgehead atoms. The van der Waals surface area contributed by atoms with Crippen LogP contribution in [-0.4, -0.2) is 25.1 Å². The first-order valence-electron chi connectivity index (χ1n) is 7.90. The summed E-state index contributed by atoms with van der Waals surface area (Å²) < 4.78 is 10.5.